The maximum atomic E-state index is 14.0. The second-order valence-corrected chi connectivity index (χ2v) is 76.4. The van der Waals surface area contributed by atoms with Gasteiger partial charge in [0.1, 0.15) is 34.8 Å². The molecule has 10 atom stereocenters. The number of ether oxygens (including phenoxy) is 14. The summed E-state index contributed by atoms with van der Waals surface area (Å²) in [6.07, 6.45) is 12.4. The normalized spacial score (nSPS) is 18.0. The zero-order valence-electron chi connectivity index (χ0n) is 91.3. The van der Waals surface area contributed by atoms with Crippen molar-refractivity contribution in [2.45, 2.75) is 320 Å². The third-order valence-electron chi connectivity index (χ3n) is 26.6. The van der Waals surface area contributed by atoms with Crippen LogP contribution in [0.5, 0.6) is 34.5 Å². The van der Waals surface area contributed by atoms with Crippen molar-refractivity contribution in [3.05, 3.63) is 216 Å². The van der Waals surface area contributed by atoms with E-state index < -0.39 is 91.2 Å². The molecule has 7 aromatic carbocycles. The minimum Gasteiger partial charge on any atom is -0.493 e. The summed E-state index contributed by atoms with van der Waals surface area (Å²) in [5.74, 6) is 0.544. The van der Waals surface area contributed by atoms with Crippen LogP contribution < -0.4 is 49.2 Å². The fourth-order valence-electron chi connectivity index (χ4n) is 16.6. The fourth-order valence-corrected chi connectivity index (χ4v) is 31.6. The van der Waals surface area contributed by atoms with Gasteiger partial charge >= 0.3 is 11.9 Å². The lowest BCUT2D eigenvalue weighted by Crippen LogP contribution is -2.67. The van der Waals surface area contributed by atoms with Crippen molar-refractivity contribution in [1.29, 1.82) is 0 Å². The number of hydrogen-bond donors (Lipinski definition) is 0. The van der Waals surface area contributed by atoms with Crippen LogP contribution in [0.4, 0.5) is 0 Å². The van der Waals surface area contributed by atoms with E-state index in [2.05, 4.69) is 344 Å². The molecule has 0 bridgehead atoms. The van der Waals surface area contributed by atoms with E-state index in [4.69, 9.17) is 84.0 Å². The van der Waals surface area contributed by atoms with E-state index in [0.717, 1.165) is 27.8 Å². The Morgan fingerprint density at radius 1 is 0.436 bits per heavy atom. The molecule has 2 unspecified atom stereocenters. The minimum atomic E-state index is -2.81. The first kappa shape index (κ1) is 120. The molecule has 0 radical (unpaired) electrons. The number of halogens is 1. The Morgan fingerprint density at radius 3 is 1.13 bits per heavy atom. The molecular formula is C112H171IO20SSi6. The largest absolute Gasteiger partial charge is 0.493 e. The number of methoxy groups -OCH3 is 6. The molecule has 2 saturated heterocycles. The molecule has 28 heteroatoms. The summed E-state index contributed by atoms with van der Waals surface area (Å²) in [6, 6.07) is 58.3. The molecule has 0 aliphatic carbocycles. The van der Waals surface area contributed by atoms with Gasteiger partial charge in [0.25, 0.3) is 16.6 Å². The molecule has 20 nitrogen and oxygen atoms in total. The summed E-state index contributed by atoms with van der Waals surface area (Å²) in [6.45, 7) is 67.6. The van der Waals surface area contributed by atoms with Crippen LogP contribution in [0.15, 0.2) is 199 Å². The molecule has 140 heavy (non-hydrogen) atoms. The highest BCUT2D eigenvalue weighted by Gasteiger charge is 2.55. The Labute approximate surface area is 866 Å². The van der Waals surface area contributed by atoms with Gasteiger partial charge in [-0.1, -0.05) is 335 Å². The Kier molecular flexibility index (Phi) is 45.3. The average molecular weight is 2170 g/mol. The van der Waals surface area contributed by atoms with Gasteiger partial charge in [0.2, 0.25) is 0 Å². The van der Waals surface area contributed by atoms with Crippen LogP contribution in [-0.2, 0) is 61.4 Å². The first-order chi connectivity index (χ1) is 65.4. The number of carbonyl (C=O) groups excluding carboxylic acids is 2. The van der Waals surface area contributed by atoms with E-state index >= 15 is 0 Å². The highest BCUT2D eigenvalue weighted by atomic mass is 127. The van der Waals surface area contributed by atoms with E-state index in [1.165, 1.54) is 35.0 Å². The third kappa shape index (κ3) is 33.2. The lowest BCUT2D eigenvalue weighted by molar-refractivity contribution is -0.152. The quantitative estimate of drug-likeness (QED) is 0.00663. The predicted octanol–water partition coefficient (Wildman–Crippen LogP) is 26.0. The van der Waals surface area contributed by atoms with Crippen molar-refractivity contribution in [1.82, 2.24) is 0 Å². The third-order valence-corrected chi connectivity index (χ3v) is 50.9. The van der Waals surface area contributed by atoms with Gasteiger partial charge < -0.3 is 84.0 Å². The summed E-state index contributed by atoms with van der Waals surface area (Å²) in [5.41, 5.74) is 1.70. The molecule has 0 spiro atoms. The van der Waals surface area contributed by atoms with Crippen LogP contribution in [0.1, 0.15) is 183 Å². The summed E-state index contributed by atoms with van der Waals surface area (Å²) in [7, 11) is -3.50. The summed E-state index contributed by atoms with van der Waals surface area (Å²) in [5, 5.41) is 4.87. The van der Waals surface area contributed by atoms with Crippen LogP contribution in [0, 0.1) is 11.8 Å². The second-order valence-electron chi connectivity index (χ2n) is 45.0. The SMILES string of the molecule is COCOc1cc(OC)c(OC)c(/C=C/C[C@@H]2OC(C)(C)O[C@@H]2C(/C=C\[C@@H](C)[C@H](C)O[Si](c2ccccc2)(c2ccccc2)C(C)(C)C)O[Si](C)(C)C(C)(C)C)c1C(=O)OCC[Si](C)(C)C.COCOc1cc(OC)c(OC)c(CSc2ccccc2)c1C(=O)OCC[Si](C)(C)C.C[C@H](/C=C\C(O[Si](C)(C)C(C)(C)C)[C@H]1OC(C)(C)O[C@H]1CCI)[C@H](C)O[Si](c1ccccc1)(c1ccccc1)C(C)(C)C. The number of rotatable bonds is 46. The Morgan fingerprint density at radius 2 is 0.786 bits per heavy atom. The van der Waals surface area contributed by atoms with E-state index in [9.17, 15) is 9.59 Å². The van der Waals surface area contributed by atoms with Gasteiger partial charge in [-0.25, -0.2) is 9.59 Å². The number of carbonyl (C=O) groups is 2. The lowest BCUT2D eigenvalue weighted by atomic mass is 9.99. The van der Waals surface area contributed by atoms with Crippen molar-refractivity contribution in [2.24, 2.45) is 11.8 Å². The fraction of sp³-hybridized carbons (Fsp3) is 0.554. The van der Waals surface area contributed by atoms with Crippen molar-refractivity contribution < 1.29 is 93.6 Å². The van der Waals surface area contributed by atoms with E-state index in [-0.39, 0.29) is 87.4 Å². The van der Waals surface area contributed by atoms with E-state index in [0.29, 0.717) is 70.8 Å². The summed E-state index contributed by atoms with van der Waals surface area (Å²) >= 11 is 4.02. The first-order valence-electron chi connectivity index (χ1n) is 49.4. The van der Waals surface area contributed by atoms with Crippen LogP contribution in [0.25, 0.3) is 6.08 Å². The smallest absolute Gasteiger partial charge is 0.342 e. The Balaban J connectivity index is 0.000000308. The molecule has 776 valence electrons. The number of thioether (sulfide) groups is 1. The Hall–Kier alpha value is -6.52. The van der Waals surface area contributed by atoms with E-state index in [1.54, 1.807) is 52.3 Å². The number of alkyl halides is 1. The molecule has 2 heterocycles. The van der Waals surface area contributed by atoms with Crippen LogP contribution in [0.3, 0.4) is 0 Å². The molecule has 9 rings (SSSR count). The monoisotopic (exact) mass is 2160 g/mol. The van der Waals surface area contributed by atoms with Crippen molar-refractivity contribution in [3.8, 4) is 34.5 Å². The zero-order valence-corrected chi connectivity index (χ0v) is 100. The summed E-state index contributed by atoms with van der Waals surface area (Å²) < 4.78 is 113. The number of esters is 2. The predicted molar refractivity (Wildman–Crippen MR) is 599 cm³/mol. The molecule has 0 saturated carbocycles. The highest BCUT2D eigenvalue weighted by molar-refractivity contribution is 14.1. The maximum absolute atomic E-state index is 14.0. The van der Waals surface area contributed by atoms with Crippen molar-refractivity contribution in [2.75, 3.05) is 73.9 Å². The topological polar surface area (TPSA) is 200 Å². The molecule has 0 amide bonds. The lowest BCUT2D eigenvalue weighted by Gasteiger charge is -2.45. The first-order valence-corrected chi connectivity index (χ1v) is 69.0. The Bertz CT molecular complexity index is 4970. The van der Waals surface area contributed by atoms with Gasteiger partial charge in [0.15, 0.2) is 64.8 Å². The van der Waals surface area contributed by atoms with Crippen molar-refractivity contribution >= 4 is 123 Å². The average Bonchev–Trinajstić information content (AvgIpc) is 0.791. The number of hydrogen-bond acceptors (Lipinski definition) is 21. The molecule has 0 N–H and O–H groups in total. The number of benzene rings is 7. The molecule has 2 fully saturated rings. The van der Waals surface area contributed by atoms with E-state index in [1.807, 2.05) is 70.2 Å². The van der Waals surface area contributed by atoms with Gasteiger partial charge in [0.05, 0.1) is 66.1 Å². The standard InChI is InChI=1S/C53H82O10Si3.C36H57IO4Si2.C23H32O6SSi/c1-38(39(2)62-66(52(6,7)8,40-26-21-19-22-27-40)41-28-23-20-24-29-41)32-33-44(63-65(17,18)51(3,4)5)49-43(60-53(9,10)61-49)31-25-30-42-47(50(54)58-34-35-64(14,15)16)45(59-37-55-11)36-46(56-12)48(42)57-13;1-27(23-24-32(41-42(11,12)34(3,4)5)33-31(25-26-37)38-36(9,10)39-33)28(2)40-43(35(6,7)8,29-19-15-13-16-20-29)30-21-17-14-18-22-30;1-25-16-29-19-14-20(26-2)22(27-3)18(15-30-17-10-8-7-9-11-17)21(19)23(24)28-12-13-31(4,5)6/h19-30,32-33,36,38-39,43-44,49H,31,34-35,37H2,1-18H3;13-24,27-28,31-33H,25-26H2,1-12H3;7-11,14H,12-13,15-16H2,1-6H3/b30-25+,33-32-;24-23-;/t38-,39+,43+,44?,49+;27-,28+,31+,32?,33+;/m11./s1. The zero-order chi connectivity index (χ0) is 104. The van der Waals surface area contributed by atoms with Crippen LogP contribution in [0.2, 0.25) is 97.7 Å². The van der Waals surface area contributed by atoms with Gasteiger partial charge in [-0.05, 0) is 158 Å². The second kappa shape index (κ2) is 52.7. The molecule has 2 aliphatic heterocycles. The maximum Gasteiger partial charge on any atom is 0.342 e. The molecular weight excluding hydrogens is 1990 g/mol. The molecule has 7 aromatic rings. The molecule has 2 aliphatic rings. The van der Waals surface area contributed by atoms with Gasteiger partial charge in [-0.2, -0.15) is 0 Å². The van der Waals surface area contributed by atoms with Crippen LogP contribution >= 0.6 is 34.4 Å². The molecule has 0 aromatic heterocycles. The summed E-state index contributed by atoms with van der Waals surface area (Å²) in [4.78, 5) is 28.2. The van der Waals surface area contributed by atoms with Gasteiger partial charge in [0, 0.05) is 80.9 Å². The van der Waals surface area contributed by atoms with Gasteiger partial charge in [-0.3, -0.25) is 0 Å². The van der Waals surface area contributed by atoms with Crippen molar-refractivity contribution in [3.63, 3.8) is 0 Å². The van der Waals surface area contributed by atoms with Gasteiger partial charge in [-0.15, -0.1) is 11.8 Å². The van der Waals surface area contributed by atoms with Crippen LogP contribution in [-0.4, -0.2) is 196 Å². The highest BCUT2D eigenvalue weighted by Crippen LogP contribution is 2.49. The minimum absolute atomic E-state index is 0.00403.